The predicted molar refractivity (Wildman–Crippen MR) is 74.7 cm³/mol. The molecule has 0 bridgehead atoms. The van der Waals surface area contributed by atoms with Crippen molar-refractivity contribution in [1.29, 1.82) is 0 Å². The van der Waals surface area contributed by atoms with Gasteiger partial charge in [0, 0.05) is 23.0 Å². The molecule has 0 aliphatic heterocycles. The van der Waals surface area contributed by atoms with Crippen LogP contribution >= 0.6 is 27.5 Å². The smallest absolute Gasteiger partial charge is 0.253 e. The van der Waals surface area contributed by atoms with Crippen LogP contribution in [0, 0.1) is 5.92 Å². The molecule has 0 aromatic heterocycles. The summed E-state index contributed by atoms with van der Waals surface area (Å²) in [4.78, 5) is 12.0. The van der Waals surface area contributed by atoms with Crippen LogP contribution in [0.4, 0.5) is 0 Å². The number of hydrogen-bond donors (Lipinski definition) is 2. The van der Waals surface area contributed by atoms with E-state index in [-0.39, 0.29) is 24.5 Å². The zero-order chi connectivity index (χ0) is 13.1. The van der Waals surface area contributed by atoms with Gasteiger partial charge in [-0.15, -0.1) is 0 Å². The molecule has 2 N–H and O–H groups in total. The van der Waals surface area contributed by atoms with Crippen LogP contribution in [0.3, 0.4) is 0 Å². The molecule has 1 aromatic carbocycles. The lowest BCUT2D eigenvalue weighted by Crippen LogP contribution is -2.33. The van der Waals surface area contributed by atoms with E-state index >= 15 is 0 Å². The normalized spacial score (nSPS) is 22.2. The topological polar surface area (TPSA) is 49.3 Å². The fourth-order valence-corrected chi connectivity index (χ4v) is 2.70. The van der Waals surface area contributed by atoms with Gasteiger partial charge in [-0.1, -0.05) is 39.7 Å². The van der Waals surface area contributed by atoms with E-state index < -0.39 is 0 Å². The lowest BCUT2D eigenvalue weighted by molar-refractivity contribution is 0.0941. The zero-order valence-electron chi connectivity index (χ0n) is 9.57. The number of nitrogens with one attached hydrogen (secondary N) is 1. The Hall–Kier alpha value is -0.840. The number of carbonyl (C=O) groups excluding carboxylic acids is 1. The number of aliphatic hydroxyl groups excluding tert-OH is 1. The maximum Gasteiger partial charge on any atom is 0.253 e. The van der Waals surface area contributed by atoms with E-state index in [0.717, 1.165) is 10.9 Å². The molecule has 0 heterocycles. The SMILES string of the molecule is O=C(N[C@@H]1C=C[C@H](CO)C1)c1ccc(Br)cc1Cl. The molecule has 96 valence electrons. The first-order valence-corrected chi connectivity index (χ1v) is 6.82. The summed E-state index contributed by atoms with van der Waals surface area (Å²) < 4.78 is 0.838. The molecule has 5 heteroatoms. The Kier molecular flexibility index (Phi) is 4.43. The largest absolute Gasteiger partial charge is 0.396 e. The summed E-state index contributed by atoms with van der Waals surface area (Å²) in [7, 11) is 0. The summed E-state index contributed by atoms with van der Waals surface area (Å²) in [6, 6.07) is 5.12. The Morgan fingerprint density at radius 3 is 2.89 bits per heavy atom. The summed E-state index contributed by atoms with van der Waals surface area (Å²) in [6.07, 6.45) is 4.57. The number of aliphatic hydroxyl groups is 1. The second-order valence-electron chi connectivity index (χ2n) is 4.27. The lowest BCUT2D eigenvalue weighted by atomic mass is 10.1. The van der Waals surface area contributed by atoms with E-state index in [1.54, 1.807) is 18.2 Å². The predicted octanol–water partition coefficient (Wildman–Crippen LogP) is 2.77. The van der Waals surface area contributed by atoms with E-state index in [9.17, 15) is 4.79 Å². The second kappa shape index (κ2) is 5.87. The summed E-state index contributed by atoms with van der Waals surface area (Å²) >= 11 is 9.31. The molecule has 1 aliphatic rings. The van der Waals surface area contributed by atoms with Gasteiger partial charge in [-0.3, -0.25) is 4.79 Å². The van der Waals surface area contributed by atoms with Crippen molar-refractivity contribution in [2.75, 3.05) is 6.61 Å². The molecule has 0 spiro atoms. The van der Waals surface area contributed by atoms with Crippen LogP contribution in [-0.4, -0.2) is 23.7 Å². The zero-order valence-corrected chi connectivity index (χ0v) is 11.9. The average molecular weight is 331 g/mol. The first kappa shape index (κ1) is 13.6. The monoisotopic (exact) mass is 329 g/mol. The third kappa shape index (κ3) is 3.13. The maximum atomic E-state index is 12.0. The Morgan fingerprint density at radius 1 is 1.50 bits per heavy atom. The van der Waals surface area contributed by atoms with Crippen molar-refractivity contribution in [3.05, 3.63) is 45.4 Å². The molecule has 18 heavy (non-hydrogen) atoms. The molecule has 0 saturated carbocycles. The quantitative estimate of drug-likeness (QED) is 0.837. The van der Waals surface area contributed by atoms with Crippen molar-refractivity contribution in [1.82, 2.24) is 5.32 Å². The van der Waals surface area contributed by atoms with E-state index in [1.807, 2.05) is 12.2 Å². The minimum Gasteiger partial charge on any atom is -0.396 e. The van der Waals surface area contributed by atoms with Gasteiger partial charge in [0.15, 0.2) is 0 Å². The molecular weight excluding hydrogens is 318 g/mol. The van der Waals surface area contributed by atoms with Crippen LogP contribution in [0.25, 0.3) is 0 Å². The number of hydrogen-bond acceptors (Lipinski definition) is 2. The van der Waals surface area contributed by atoms with Crippen LogP contribution in [0.1, 0.15) is 16.8 Å². The van der Waals surface area contributed by atoms with Crippen LogP contribution in [-0.2, 0) is 0 Å². The van der Waals surface area contributed by atoms with E-state index in [0.29, 0.717) is 10.6 Å². The summed E-state index contributed by atoms with van der Waals surface area (Å²) in [6.45, 7) is 0.113. The molecule has 3 nitrogen and oxygen atoms in total. The number of benzene rings is 1. The van der Waals surface area contributed by atoms with Crippen molar-refractivity contribution < 1.29 is 9.90 Å². The van der Waals surface area contributed by atoms with Crippen LogP contribution in [0.15, 0.2) is 34.8 Å². The number of rotatable bonds is 3. The van der Waals surface area contributed by atoms with Crippen molar-refractivity contribution in [2.24, 2.45) is 5.92 Å². The molecule has 0 fully saturated rings. The van der Waals surface area contributed by atoms with Crippen LogP contribution in [0.2, 0.25) is 5.02 Å². The average Bonchev–Trinajstić information content (AvgIpc) is 2.76. The molecule has 1 amide bonds. The van der Waals surface area contributed by atoms with E-state index in [1.165, 1.54) is 0 Å². The van der Waals surface area contributed by atoms with Crippen LogP contribution in [0.5, 0.6) is 0 Å². The lowest BCUT2D eigenvalue weighted by Gasteiger charge is -2.13. The van der Waals surface area contributed by atoms with Gasteiger partial charge in [-0.05, 0) is 24.6 Å². The molecule has 0 unspecified atom stereocenters. The number of amides is 1. The van der Waals surface area contributed by atoms with Crippen LogP contribution < -0.4 is 5.32 Å². The highest BCUT2D eigenvalue weighted by Gasteiger charge is 2.21. The van der Waals surface area contributed by atoms with Gasteiger partial charge in [0.05, 0.1) is 10.6 Å². The Morgan fingerprint density at radius 2 is 2.28 bits per heavy atom. The fraction of sp³-hybridized carbons (Fsp3) is 0.308. The first-order valence-electron chi connectivity index (χ1n) is 5.65. The summed E-state index contributed by atoms with van der Waals surface area (Å²) in [5.41, 5.74) is 0.459. The van der Waals surface area contributed by atoms with E-state index in [2.05, 4.69) is 21.2 Å². The number of halogens is 2. The van der Waals surface area contributed by atoms with Gasteiger partial charge >= 0.3 is 0 Å². The second-order valence-corrected chi connectivity index (χ2v) is 5.59. The number of carbonyl (C=O) groups is 1. The third-order valence-electron chi connectivity index (χ3n) is 2.90. The Labute approximate surface area is 119 Å². The van der Waals surface area contributed by atoms with Crippen molar-refractivity contribution in [3.63, 3.8) is 0 Å². The highest BCUT2D eigenvalue weighted by molar-refractivity contribution is 9.10. The minimum absolute atomic E-state index is 0.0330. The van der Waals surface area contributed by atoms with Crippen molar-refractivity contribution >= 4 is 33.4 Å². The maximum absolute atomic E-state index is 12.0. The molecule has 2 atom stereocenters. The van der Waals surface area contributed by atoms with Gasteiger partial charge in [0.2, 0.25) is 0 Å². The van der Waals surface area contributed by atoms with Gasteiger partial charge in [0.25, 0.3) is 5.91 Å². The Bertz CT molecular complexity index is 490. The van der Waals surface area contributed by atoms with E-state index in [4.69, 9.17) is 16.7 Å². The molecule has 0 saturated heterocycles. The standard InChI is InChI=1S/C13H13BrClNO2/c14-9-2-4-11(12(15)6-9)13(18)16-10-3-1-8(5-10)7-17/h1-4,6,8,10,17H,5,7H2,(H,16,18)/t8-,10+/m0/s1. The van der Waals surface area contributed by atoms with Gasteiger partial charge < -0.3 is 10.4 Å². The van der Waals surface area contributed by atoms with Crippen molar-refractivity contribution in [3.8, 4) is 0 Å². The summed E-state index contributed by atoms with van der Waals surface area (Å²) in [5, 5.41) is 12.3. The summed E-state index contributed by atoms with van der Waals surface area (Å²) in [5.74, 6) is -0.0589. The molecule has 1 aliphatic carbocycles. The molecule has 2 rings (SSSR count). The molecule has 0 radical (unpaired) electrons. The third-order valence-corrected chi connectivity index (χ3v) is 3.70. The van der Waals surface area contributed by atoms with Gasteiger partial charge in [-0.2, -0.15) is 0 Å². The van der Waals surface area contributed by atoms with Gasteiger partial charge in [0.1, 0.15) is 0 Å². The molecule has 1 aromatic rings. The highest BCUT2D eigenvalue weighted by Crippen LogP contribution is 2.22. The highest BCUT2D eigenvalue weighted by atomic mass is 79.9. The minimum atomic E-state index is -0.194. The Balaban J connectivity index is 2.02. The fourth-order valence-electron chi connectivity index (χ4n) is 1.94. The van der Waals surface area contributed by atoms with Gasteiger partial charge in [-0.25, -0.2) is 0 Å². The van der Waals surface area contributed by atoms with Crippen molar-refractivity contribution in [2.45, 2.75) is 12.5 Å². The first-order chi connectivity index (χ1) is 8.60. The molecular formula is C13H13BrClNO2.